The molecular weight excluding hydrogens is 180 g/mol. The Hall–Kier alpha value is -0.520. The lowest BCUT2D eigenvalue weighted by Crippen LogP contribution is -2.44. The van der Waals surface area contributed by atoms with Gasteiger partial charge in [-0.1, -0.05) is 37.6 Å². The fraction of sp³-hybridized carbons (Fsp3) is 0.733. The average Bonchev–Trinajstić information content (AvgIpc) is 2.18. The van der Waals surface area contributed by atoms with Crippen molar-refractivity contribution in [2.24, 2.45) is 17.3 Å². The summed E-state index contributed by atoms with van der Waals surface area (Å²) in [6.07, 6.45) is 8.97. The zero-order valence-electron chi connectivity index (χ0n) is 10.5. The second kappa shape index (κ2) is 3.81. The molecule has 0 aromatic rings. The van der Waals surface area contributed by atoms with Crippen LogP contribution >= 0.6 is 0 Å². The Labute approximate surface area is 94.5 Å². The van der Waals surface area contributed by atoms with Gasteiger partial charge in [-0.15, -0.1) is 0 Å². The fourth-order valence-corrected chi connectivity index (χ4v) is 3.37. The van der Waals surface area contributed by atoms with E-state index in [1.165, 1.54) is 37.7 Å². The summed E-state index contributed by atoms with van der Waals surface area (Å²) in [5.74, 6) is 1.68. The molecule has 2 rings (SSSR count). The number of hydrogen-bond acceptors (Lipinski definition) is 0. The highest BCUT2D eigenvalue weighted by atomic mass is 14.5. The van der Waals surface area contributed by atoms with Crippen molar-refractivity contribution in [3.8, 4) is 0 Å². The summed E-state index contributed by atoms with van der Waals surface area (Å²) >= 11 is 0. The van der Waals surface area contributed by atoms with Gasteiger partial charge in [0.05, 0.1) is 0 Å². The summed E-state index contributed by atoms with van der Waals surface area (Å²) in [5, 5.41) is 0. The van der Waals surface area contributed by atoms with Crippen LogP contribution in [0.4, 0.5) is 0 Å². The Morgan fingerprint density at radius 1 is 1.33 bits per heavy atom. The largest absolute Gasteiger partial charge is 0.0996 e. The molecule has 0 N–H and O–H groups in total. The Balaban J connectivity index is 2.15. The molecule has 15 heavy (non-hydrogen) atoms. The van der Waals surface area contributed by atoms with E-state index in [0.717, 1.165) is 11.8 Å². The third-order valence-corrected chi connectivity index (χ3v) is 4.55. The van der Waals surface area contributed by atoms with E-state index in [9.17, 15) is 0 Å². The Kier molecular flexibility index (Phi) is 2.79. The monoisotopic (exact) mass is 204 g/mol. The molecule has 0 spiro atoms. The van der Waals surface area contributed by atoms with E-state index in [2.05, 4.69) is 33.4 Å². The van der Waals surface area contributed by atoms with E-state index in [1.807, 2.05) is 0 Å². The first-order valence-electron chi connectivity index (χ1n) is 6.34. The highest BCUT2D eigenvalue weighted by molar-refractivity contribution is 5.16. The number of fused-ring (bicyclic) bond motifs is 1. The summed E-state index contributed by atoms with van der Waals surface area (Å²) in [6.45, 7) is 11.4. The van der Waals surface area contributed by atoms with Crippen LogP contribution in [0.1, 0.15) is 52.9 Å². The minimum absolute atomic E-state index is 0.550. The third kappa shape index (κ3) is 2.04. The second-order valence-electron chi connectivity index (χ2n) is 6.20. The highest BCUT2D eigenvalue weighted by Crippen LogP contribution is 2.56. The fourth-order valence-electron chi connectivity index (χ4n) is 3.37. The predicted octanol–water partition coefficient (Wildman–Crippen LogP) is 4.73. The molecule has 2 unspecified atom stereocenters. The van der Waals surface area contributed by atoms with E-state index in [1.54, 1.807) is 5.57 Å². The molecule has 2 aliphatic rings. The van der Waals surface area contributed by atoms with Crippen LogP contribution < -0.4 is 0 Å². The van der Waals surface area contributed by atoms with Gasteiger partial charge in [-0.05, 0) is 56.3 Å². The molecule has 0 radical (unpaired) electrons. The normalized spacial score (nSPS) is 38.9. The first-order valence-corrected chi connectivity index (χ1v) is 6.34. The van der Waals surface area contributed by atoms with Gasteiger partial charge in [-0.3, -0.25) is 0 Å². The molecule has 2 atom stereocenters. The molecule has 1 fully saturated rings. The molecule has 0 aromatic carbocycles. The Bertz CT molecular complexity index is 293. The summed E-state index contributed by atoms with van der Waals surface area (Å²) in [4.78, 5) is 0. The number of rotatable bonds is 0. The molecule has 0 aliphatic heterocycles. The van der Waals surface area contributed by atoms with E-state index in [-0.39, 0.29) is 0 Å². The highest BCUT2D eigenvalue weighted by Gasteiger charge is 2.47. The molecular formula is C15H24. The van der Waals surface area contributed by atoms with Crippen molar-refractivity contribution in [2.45, 2.75) is 52.9 Å². The van der Waals surface area contributed by atoms with Crippen molar-refractivity contribution < 1.29 is 0 Å². The van der Waals surface area contributed by atoms with Gasteiger partial charge in [0, 0.05) is 0 Å². The van der Waals surface area contributed by atoms with Gasteiger partial charge >= 0.3 is 0 Å². The molecule has 0 aromatic heterocycles. The van der Waals surface area contributed by atoms with Crippen molar-refractivity contribution in [2.75, 3.05) is 0 Å². The molecule has 84 valence electrons. The first kappa shape index (κ1) is 11.0. The lowest BCUT2D eigenvalue weighted by atomic mass is 9.52. The first-order chi connectivity index (χ1) is 7.00. The zero-order valence-corrected chi connectivity index (χ0v) is 10.5. The van der Waals surface area contributed by atoms with Crippen molar-refractivity contribution >= 4 is 0 Å². The van der Waals surface area contributed by atoms with Gasteiger partial charge in [0.2, 0.25) is 0 Å². The van der Waals surface area contributed by atoms with Crippen LogP contribution in [0.2, 0.25) is 0 Å². The van der Waals surface area contributed by atoms with Gasteiger partial charge in [-0.25, -0.2) is 0 Å². The van der Waals surface area contributed by atoms with Gasteiger partial charge in [0.1, 0.15) is 0 Å². The smallest absolute Gasteiger partial charge is 0.0164 e. The van der Waals surface area contributed by atoms with Gasteiger partial charge < -0.3 is 0 Å². The van der Waals surface area contributed by atoms with Crippen molar-refractivity contribution in [3.05, 3.63) is 23.8 Å². The lowest BCUT2D eigenvalue weighted by molar-refractivity contribution is 0.0121. The quantitative estimate of drug-likeness (QED) is 0.501. The zero-order chi connectivity index (χ0) is 11.1. The molecule has 0 nitrogen and oxygen atoms in total. The predicted molar refractivity (Wildman–Crippen MR) is 66.7 cm³/mol. The standard InChI is InChI=1S/C15H24/c1-11-6-5-7-12(2)13-10-15(3,4)14(13)9-8-11/h8,13-14H,2,5-7,9-10H2,1,3-4H3/b11-8+. The van der Waals surface area contributed by atoms with E-state index in [4.69, 9.17) is 0 Å². The molecule has 2 aliphatic carbocycles. The summed E-state index contributed by atoms with van der Waals surface area (Å²) in [6, 6.07) is 0. The van der Waals surface area contributed by atoms with Crippen molar-refractivity contribution in [1.29, 1.82) is 0 Å². The number of allylic oxidation sites excluding steroid dienone is 3. The molecule has 0 amide bonds. The Morgan fingerprint density at radius 2 is 2.07 bits per heavy atom. The summed E-state index contributed by atoms with van der Waals surface area (Å²) in [7, 11) is 0. The van der Waals surface area contributed by atoms with Crippen molar-refractivity contribution in [3.63, 3.8) is 0 Å². The molecule has 0 saturated heterocycles. The van der Waals surface area contributed by atoms with E-state index < -0.39 is 0 Å². The minimum Gasteiger partial charge on any atom is -0.0996 e. The summed E-state index contributed by atoms with van der Waals surface area (Å²) in [5.41, 5.74) is 3.67. The topological polar surface area (TPSA) is 0 Å². The molecule has 0 heteroatoms. The molecule has 0 heterocycles. The molecule has 1 saturated carbocycles. The van der Waals surface area contributed by atoms with Crippen molar-refractivity contribution in [1.82, 2.24) is 0 Å². The maximum Gasteiger partial charge on any atom is -0.0164 e. The molecule has 0 bridgehead atoms. The van der Waals surface area contributed by atoms with Crippen LogP contribution in [0.15, 0.2) is 23.8 Å². The van der Waals surface area contributed by atoms with Crippen LogP contribution in [0.25, 0.3) is 0 Å². The van der Waals surface area contributed by atoms with Crippen LogP contribution in [0.5, 0.6) is 0 Å². The van der Waals surface area contributed by atoms with Gasteiger partial charge in [0.15, 0.2) is 0 Å². The SMILES string of the molecule is C=C1CCC/C(C)=C/CC2C1CC2(C)C. The van der Waals surface area contributed by atoms with Crippen LogP contribution in [0, 0.1) is 17.3 Å². The third-order valence-electron chi connectivity index (χ3n) is 4.55. The van der Waals surface area contributed by atoms with Crippen LogP contribution in [-0.4, -0.2) is 0 Å². The average molecular weight is 204 g/mol. The Morgan fingerprint density at radius 3 is 2.73 bits per heavy atom. The maximum absolute atomic E-state index is 4.31. The maximum atomic E-state index is 4.31. The van der Waals surface area contributed by atoms with E-state index in [0.29, 0.717) is 5.41 Å². The van der Waals surface area contributed by atoms with Gasteiger partial charge in [0.25, 0.3) is 0 Å². The lowest BCUT2D eigenvalue weighted by Gasteiger charge is -2.52. The van der Waals surface area contributed by atoms with E-state index >= 15 is 0 Å². The summed E-state index contributed by atoms with van der Waals surface area (Å²) < 4.78 is 0. The second-order valence-corrected chi connectivity index (χ2v) is 6.20. The number of hydrogen-bond donors (Lipinski definition) is 0. The van der Waals surface area contributed by atoms with Crippen LogP contribution in [0.3, 0.4) is 0 Å². The van der Waals surface area contributed by atoms with Gasteiger partial charge in [-0.2, -0.15) is 0 Å². The minimum atomic E-state index is 0.550. The van der Waals surface area contributed by atoms with Crippen LogP contribution in [-0.2, 0) is 0 Å².